The molecule has 1 fully saturated rings. The number of likely N-dealkylation sites (tertiary alicyclic amines) is 1. The second kappa shape index (κ2) is 8.29. The number of piperidine rings is 1. The molecule has 2 aromatic carbocycles. The van der Waals surface area contributed by atoms with Gasteiger partial charge in [0.1, 0.15) is 17.3 Å². The summed E-state index contributed by atoms with van der Waals surface area (Å²) in [6.07, 6.45) is 1.74. The maximum Gasteiger partial charge on any atom is 0.257 e. The summed E-state index contributed by atoms with van der Waals surface area (Å²) in [7, 11) is 3.11. The summed E-state index contributed by atoms with van der Waals surface area (Å²) < 4.78 is 24.6. The summed E-state index contributed by atoms with van der Waals surface area (Å²) in [6, 6.07) is 10.2. The quantitative estimate of drug-likeness (QED) is 0.866. The Kier molecular flexibility index (Phi) is 5.84. The van der Waals surface area contributed by atoms with Crippen LogP contribution in [0.25, 0.3) is 0 Å². The van der Waals surface area contributed by atoms with Gasteiger partial charge in [0.2, 0.25) is 0 Å². The van der Waals surface area contributed by atoms with E-state index in [2.05, 4.69) is 5.32 Å². The molecule has 144 valence electrons. The Morgan fingerprint density at radius 3 is 2.74 bits per heavy atom. The average molecular weight is 372 g/mol. The molecule has 0 aliphatic carbocycles. The third kappa shape index (κ3) is 4.32. The van der Waals surface area contributed by atoms with Crippen molar-refractivity contribution in [2.24, 2.45) is 0 Å². The van der Waals surface area contributed by atoms with E-state index < -0.39 is 0 Å². The first kappa shape index (κ1) is 19.0. The van der Waals surface area contributed by atoms with Crippen LogP contribution in [0, 0.1) is 12.7 Å². The highest BCUT2D eigenvalue weighted by Gasteiger charge is 2.27. The lowest BCUT2D eigenvalue weighted by molar-refractivity contribution is 0.0711. The maximum atomic E-state index is 14.0. The minimum atomic E-state index is -0.277. The van der Waals surface area contributed by atoms with Crippen molar-refractivity contribution in [3.63, 3.8) is 0 Å². The fraction of sp³-hybridized carbons (Fsp3) is 0.381. The van der Waals surface area contributed by atoms with Gasteiger partial charge in [-0.2, -0.15) is 0 Å². The van der Waals surface area contributed by atoms with Crippen molar-refractivity contribution in [1.29, 1.82) is 0 Å². The number of carbonyl (C=O) groups is 1. The van der Waals surface area contributed by atoms with Crippen LogP contribution in [0.4, 0.5) is 10.1 Å². The number of carbonyl (C=O) groups excluding carboxylic acids is 1. The standard InChI is InChI=1S/C21H25FN2O3/c1-14-6-9-18(22)19(11-14)23-15-5-4-10-24(13-15)21(25)17-8-7-16(26-2)12-20(17)27-3/h6-9,11-12,15,23H,4-5,10,13H2,1-3H3. The lowest BCUT2D eigenvalue weighted by atomic mass is 10.0. The number of benzene rings is 2. The average Bonchev–Trinajstić information content (AvgIpc) is 2.70. The highest BCUT2D eigenvalue weighted by atomic mass is 19.1. The van der Waals surface area contributed by atoms with Gasteiger partial charge in [-0.1, -0.05) is 6.07 Å². The molecule has 0 saturated carbocycles. The summed E-state index contributed by atoms with van der Waals surface area (Å²) in [4.78, 5) is 14.8. The molecule has 1 unspecified atom stereocenters. The van der Waals surface area contributed by atoms with Gasteiger partial charge in [-0.25, -0.2) is 4.39 Å². The monoisotopic (exact) mass is 372 g/mol. The van der Waals surface area contributed by atoms with Gasteiger partial charge in [0, 0.05) is 25.2 Å². The second-order valence-corrected chi connectivity index (χ2v) is 6.78. The number of amides is 1. The zero-order chi connectivity index (χ0) is 19.4. The van der Waals surface area contributed by atoms with E-state index in [1.54, 1.807) is 42.3 Å². The molecule has 1 heterocycles. The van der Waals surface area contributed by atoms with Gasteiger partial charge < -0.3 is 19.7 Å². The number of ether oxygens (including phenoxy) is 2. The van der Waals surface area contributed by atoms with Gasteiger partial charge in [-0.3, -0.25) is 4.79 Å². The molecule has 0 radical (unpaired) electrons. The highest BCUT2D eigenvalue weighted by Crippen LogP contribution is 2.27. The van der Waals surface area contributed by atoms with Crippen LogP contribution in [0.5, 0.6) is 11.5 Å². The molecule has 27 heavy (non-hydrogen) atoms. The number of hydrogen-bond acceptors (Lipinski definition) is 4. The number of nitrogens with one attached hydrogen (secondary N) is 1. The first-order valence-corrected chi connectivity index (χ1v) is 9.06. The van der Waals surface area contributed by atoms with E-state index in [0.717, 1.165) is 18.4 Å². The number of anilines is 1. The van der Waals surface area contributed by atoms with Gasteiger partial charge in [0.25, 0.3) is 5.91 Å². The number of rotatable bonds is 5. The zero-order valence-corrected chi connectivity index (χ0v) is 15.9. The van der Waals surface area contributed by atoms with Gasteiger partial charge >= 0.3 is 0 Å². The highest BCUT2D eigenvalue weighted by molar-refractivity contribution is 5.97. The van der Waals surface area contributed by atoms with Crippen molar-refractivity contribution < 1.29 is 18.7 Å². The zero-order valence-electron chi connectivity index (χ0n) is 15.9. The molecular weight excluding hydrogens is 347 g/mol. The molecule has 1 N–H and O–H groups in total. The van der Waals surface area contributed by atoms with Crippen LogP contribution in [0.3, 0.4) is 0 Å². The number of methoxy groups -OCH3 is 2. The van der Waals surface area contributed by atoms with E-state index in [0.29, 0.717) is 35.8 Å². The largest absolute Gasteiger partial charge is 0.497 e. The normalized spacial score (nSPS) is 16.7. The molecule has 1 aliphatic heterocycles. The minimum Gasteiger partial charge on any atom is -0.497 e. The molecule has 3 rings (SSSR count). The summed E-state index contributed by atoms with van der Waals surface area (Å²) >= 11 is 0. The molecule has 1 atom stereocenters. The first-order chi connectivity index (χ1) is 13.0. The smallest absolute Gasteiger partial charge is 0.257 e. The fourth-order valence-electron chi connectivity index (χ4n) is 3.39. The Balaban J connectivity index is 1.74. The van der Waals surface area contributed by atoms with Crippen LogP contribution in [-0.2, 0) is 0 Å². The van der Waals surface area contributed by atoms with Crippen LogP contribution < -0.4 is 14.8 Å². The Morgan fingerprint density at radius 2 is 2.00 bits per heavy atom. The summed E-state index contributed by atoms with van der Waals surface area (Å²) in [5.41, 5.74) is 1.97. The number of hydrogen-bond donors (Lipinski definition) is 1. The molecule has 0 aromatic heterocycles. The summed E-state index contributed by atoms with van der Waals surface area (Å²) in [6.45, 7) is 3.11. The topological polar surface area (TPSA) is 50.8 Å². The molecule has 1 aliphatic rings. The molecule has 1 amide bonds. The van der Waals surface area contributed by atoms with Crippen molar-refractivity contribution in [1.82, 2.24) is 4.90 Å². The van der Waals surface area contributed by atoms with E-state index in [1.807, 2.05) is 6.92 Å². The third-order valence-electron chi connectivity index (χ3n) is 4.83. The number of aryl methyl sites for hydroxylation is 1. The molecule has 6 heteroatoms. The predicted octanol–water partition coefficient (Wildman–Crippen LogP) is 3.87. The second-order valence-electron chi connectivity index (χ2n) is 6.78. The fourth-order valence-corrected chi connectivity index (χ4v) is 3.39. The van der Waals surface area contributed by atoms with E-state index in [-0.39, 0.29) is 17.8 Å². The molecule has 5 nitrogen and oxygen atoms in total. The first-order valence-electron chi connectivity index (χ1n) is 9.06. The van der Waals surface area contributed by atoms with E-state index in [9.17, 15) is 9.18 Å². The van der Waals surface area contributed by atoms with Crippen molar-refractivity contribution in [2.45, 2.75) is 25.8 Å². The van der Waals surface area contributed by atoms with E-state index >= 15 is 0 Å². The van der Waals surface area contributed by atoms with Crippen LogP contribution >= 0.6 is 0 Å². The van der Waals surface area contributed by atoms with Crippen molar-refractivity contribution in [3.05, 3.63) is 53.3 Å². The van der Waals surface area contributed by atoms with E-state index in [1.165, 1.54) is 13.2 Å². The Bertz CT molecular complexity index is 825. The predicted molar refractivity (Wildman–Crippen MR) is 103 cm³/mol. The molecule has 2 aromatic rings. The molecule has 1 saturated heterocycles. The molecule has 0 spiro atoms. The minimum absolute atomic E-state index is 0.00300. The Hall–Kier alpha value is -2.76. The maximum absolute atomic E-state index is 14.0. The van der Waals surface area contributed by atoms with E-state index in [4.69, 9.17) is 9.47 Å². The van der Waals surface area contributed by atoms with Crippen molar-refractivity contribution in [3.8, 4) is 11.5 Å². The molecule has 0 bridgehead atoms. The Labute approximate surface area is 159 Å². The molecular formula is C21H25FN2O3. The number of nitrogens with zero attached hydrogens (tertiary/aromatic N) is 1. The third-order valence-corrected chi connectivity index (χ3v) is 4.83. The van der Waals surface area contributed by atoms with Gasteiger partial charge in [0.15, 0.2) is 0 Å². The summed E-state index contributed by atoms with van der Waals surface area (Å²) in [5, 5.41) is 3.25. The van der Waals surface area contributed by atoms with Crippen molar-refractivity contribution in [2.75, 3.05) is 32.6 Å². The summed E-state index contributed by atoms with van der Waals surface area (Å²) in [5.74, 6) is 0.752. The lowest BCUT2D eigenvalue weighted by Gasteiger charge is -2.34. The van der Waals surface area contributed by atoms with Crippen LogP contribution in [0.1, 0.15) is 28.8 Å². The van der Waals surface area contributed by atoms with Crippen LogP contribution in [-0.4, -0.2) is 44.2 Å². The van der Waals surface area contributed by atoms with Crippen LogP contribution in [0.2, 0.25) is 0 Å². The van der Waals surface area contributed by atoms with Gasteiger partial charge in [-0.05, 0) is 49.6 Å². The SMILES string of the molecule is COc1ccc(C(=O)N2CCCC(Nc3cc(C)ccc3F)C2)c(OC)c1. The Morgan fingerprint density at radius 1 is 1.19 bits per heavy atom. The van der Waals surface area contributed by atoms with Gasteiger partial charge in [0.05, 0.1) is 25.5 Å². The van der Waals surface area contributed by atoms with Gasteiger partial charge in [-0.15, -0.1) is 0 Å². The lowest BCUT2D eigenvalue weighted by Crippen LogP contribution is -2.45. The number of halogens is 1. The van der Waals surface area contributed by atoms with Crippen molar-refractivity contribution >= 4 is 11.6 Å². The van der Waals surface area contributed by atoms with Crippen LogP contribution in [0.15, 0.2) is 36.4 Å².